The van der Waals surface area contributed by atoms with Crippen LogP contribution in [0, 0.1) is 6.92 Å². The molecule has 0 spiro atoms. The Morgan fingerprint density at radius 1 is 1.24 bits per heavy atom. The van der Waals surface area contributed by atoms with Gasteiger partial charge in [-0.25, -0.2) is 9.97 Å². The quantitative estimate of drug-likeness (QED) is 0.932. The Labute approximate surface area is 124 Å². The molecule has 1 N–H and O–H groups in total. The molecule has 108 valence electrons. The first-order chi connectivity index (χ1) is 10.2. The fraction of sp³-hybridized carbons (Fsp3) is 0.312. The largest absolute Gasteiger partial charge is 0.342 e. The van der Waals surface area contributed by atoms with E-state index in [1.54, 1.807) is 18.5 Å². The monoisotopic (exact) mass is 282 g/mol. The molecule has 5 heteroatoms. The van der Waals surface area contributed by atoms with Crippen molar-refractivity contribution in [2.45, 2.75) is 25.9 Å². The van der Waals surface area contributed by atoms with Gasteiger partial charge in [0, 0.05) is 25.5 Å². The molecule has 2 aromatic rings. The van der Waals surface area contributed by atoms with Crippen molar-refractivity contribution in [2.24, 2.45) is 0 Å². The molecule has 1 unspecified atom stereocenters. The second-order valence-corrected chi connectivity index (χ2v) is 5.30. The van der Waals surface area contributed by atoms with E-state index in [0.717, 1.165) is 18.5 Å². The van der Waals surface area contributed by atoms with E-state index in [4.69, 9.17) is 0 Å². The Morgan fingerprint density at radius 2 is 1.95 bits per heavy atom. The van der Waals surface area contributed by atoms with Gasteiger partial charge in [0.05, 0.1) is 0 Å². The molecule has 0 aliphatic carbocycles. The highest BCUT2D eigenvalue weighted by Gasteiger charge is 2.31. The van der Waals surface area contributed by atoms with Gasteiger partial charge in [-0.05, 0) is 25.0 Å². The zero-order valence-electron chi connectivity index (χ0n) is 12.0. The number of likely N-dealkylation sites (tertiary alicyclic amines) is 1. The van der Waals surface area contributed by atoms with Crippen LogP contribution in [0.2, 0.25) is 0 Å². The van der Waals surface area contributed by atoms with Gasteiger partial charge in [-0.3, -0.25) is 4.79 Å². The molecule has 2 heterocycles. The molecule has 1 aliphatic heterocycles. The fourth-order valence-electron chi connectivity index (χ4n) is 2.47. The van der Waals surface area contributed by atoms with Crippen molar-refractivity contribution in [3.05, 3.63) is 53.9 Å². The number of hydrogen-bond acceptors (Lipinski definition) is 4. The number of hydrogen-bond donors (Lipinski definition) is 1. The summed E-state index contributed by atoms with van der Waals surface area (Å²) in [6, 6.07) is 9.82. The third-order valence-corrected chi connectivity index (χ3v) is 3.66. The maximum absolute atomic E-state index is 12.4. The Balaban J connectivity index is 1.62. The van der Waals surface area contributed by atoms with Crippen LogP contribution in [0.25, 0.3) is 0 Å². The lowest BCUT2D eigenvalue weighted by atomic mass is 10.1. The minimum absolute atomic E-state index is 0.114. The van der Waals surface area contributed by atoms with Crippen molar-refractivity contribution >= 4 is 11.9 Å². The highest BCUT2D eigenvalue weighted by Crippen LogP contribution is 2.17. The predicted octanol–water partition coefficient (Wildman–Crippen LogP) is 2.00. The lowest BCUT2D eigenvalue weighted by molar-refractivity contribution is -0.128. The Morgan fingerprint density at radius 3 is 2.67 bits per heavy atom. The fourth-order valence-corrected chi connectivity index (χ4v) is 2.47. The number of rotatable bonds is 4. The molecule has 0 saturated carbocycles. The van der Waals surface area contributed by atoms with Crippen LogP contribution in [-0.2, 0) is 11.3 Å². The van der Waals surface area contributed by atoms with Gasteiger partial charge < -0.3 is 10.2 Å². The van der Waals surface area contributed by atoms with E-state index in [2.05, 4.69) is 46.5 Å². The third-order valence-electron chi connectivity index (χ3n) is 3.66. The molecule has 0 bridgehead atoms. The number of aryl methyl sites for hydroxylation is 1. The van der Waals surface area contributed by atoms with Crippen LogP contribution < -0.4 is 5.32 Å². The molecule has 1 aromatic carbocycles. The molecule has 1 aliphatic rings. The average Bonchev–Trinajstić information content (AvgIpc) is 2.84. The number of nitrogens with zero attached hydrogens (tertiary/aromatic N) is 3. The van der Waals surface area contributed by atoms with Crippen molar-refractivity contribution in [1.29, 1.82) is 0 Å². The van der Waals surface area contributed by atoms with E-state index >= 15 is 0 Å². The van der Waals surface area contributed by atoms with E-state index in [9.17, 15) is 4.79 Å². The smallest absolute Gasteiger partial charge is 0.245 e. The molecule has 0 radical (unpaired) electrons. The van der Waals surface area contributed by atoms with Crippen molar-refractivity contribution < 1.29 is 4.79 Å². The van der Waals surface area contributed by atoms with Crippen molar-refractivity contribution in [1.82, 2.24) is 14.9 Å². The van der Waals surface area contributed by atoms with Crippen molar-refractivity contribution in [3.8, 4) is 0 Å². The summed E-state index contributed by atoms with van der Waals surface area (Å²) in [5.41, 5.74) is 2.39. The van der Waals surface area contributed by atoms with Gasteiger partial charge in [-0.15, -0.1) is 0 Å². The van der Waals surface area contributed by atoms with Crippen LogP contribution in [0.15, 0.2) is 42.7 Å². The van der Waals surface area contributed by atoms with Gasteiger partial charge in [0.25, 0.3) is 0 Å². The van der Waals surface area contributed by atoms with Crippen LogP contribution in [-0.4, -0.2) is 33.4 Å². The van der Waals surface area contributed by atoms with Crippen LogP contribution in [0.4, 0.5) is 5.95 Å². The summed E-state index contributed by atoms with van der Waals surface area (Å²) in [5.74, 6) is 0.621. The highest BCUT2D eigenvalue weighted by atomic mass is 16.2. The molecule has 5 nitrogen and oxygen atoms in total. The normalized spacial score (nSPS) is 18.0. The van der Waals surface area contributed by atoms with E-state index < -0.39 is 0 Å². The summed E-state index contributed by atoms with van der Waals surface area (Å²) in [7, 11) is 0. The van der Waals surface area contributed by atoms with E-state index in [-0.39, 0.29) is 11.9 Å². The maximum Gasteiger partial charge on any atom is 0.245 e. The molecule has 1 saturated heterocycles. The van der Waals surface area contributed by atoms with E-state index in [1.165, 1.54) is 5.56 Å². The van der Waals surface area contributed by atoms with E-state index in [0.29, 0.717) is 12.5 Å². The summed E-state index contributed by atoms with van der Waals surface area (Å²) >= 11 is 0. The molecule has 21 heavy (non-hydrogen) atoms. The molecule has 1 atom stereocenters. The van der Waals surface area contributed by atoms with Crippen LogP contribution in [0.1, 0.15) is 17.5 Å². The number of carbonyl (C=O) groups is 1. The number of nitrogens with one attached hydrogen (secondary N) is 1. The summed E-state index contributed by atoms with van der Waals surface area (Å²) in [5, 5.41) is 3.10. The first-order valence-electron chi connectivity index (χ1n) is 7.10. The summed E-state index contributed by atoms with van der Waals surface area (Å²) in [6.45, 7) is 3.48. The third kappa shape index (κ3) is 3.18. The summed E-state index contributed by atoms with van der Waals surface area (Å²) in [6.07, 6.45) is 4.11. The number of amides is 1. The Bertz CT molecular complexity index is 612. The van der Waals surface area contributed by atoms with Gasteiger partial charge in [-0.1, -0.05) is 29.8 Å². The summed E-state index contributed by atoms with van der Waals surface area (Å²) < 4.78 is 0. The SMILES string of the molecule is Cc1ccc(CN2CCC(Nc3ncccn3)C2=O)cc1. The van der Waals surface area contributed by atoms with Gasteiger partial charge >= 0.3 is 0 Å². The zero-order chi connectivity index (χ0) is 14.7. The second kappa shape index (κ2) is 5.91. The van der Waals surface area contributed by atoms with Gasteiger partial charge in [0.1, 0.15) is 6.04 Å². The molecule has 1 amide bonds. The predicted molar refractivity (Wildman–Crippen MR) is 80.7 cm³/mol. The number of aromatic nitrogens is 2. The molecular weight excluding hydrogens is 264 g/mol. The average molecular weight is 282 g/mol. The zero-order valence-corrected chi connectivity index (χ0v) is 12.0. The van der Waals surface area contributed by atoms with Gasteiger partial charge in [0.15, 0.2) is 0 Å². The Hall–Kier alpha value is -2.43. The Kier molecular flexibility index (Phi) is 3.81. The van der Waals surface area contributed by atoms with Crippen molar-refractivity contribution in [3.63, 3.8) is 0 Å². The minimum atomic E-state index is -0.224. The second-order valence-electron chi connectivity index (χ2n) is 5.30. The van der Waals surface area contributed by atoms with Crippen molar-refractivity contribution in [2.75, 3.05) is 11.9 Å². The van der Waals surface area contributed by atoms with Crippen LogP contribution >= 0.6 is 0 Å². The van der Waals surface area contributed by atoms with E-state index in [1.807, 2.05) is 4.90 Å². The molecule has 3 rings (SSSR count). The number of benzene rings is 1. The lowest BCUT2D eigenvalue weighted by Gasteiger charge is -2.17. The first-order valence-corrected chi connectivity index (χ1v) is 7.10. The summed E-state index contributed by atoms with van der Waals surface area (Å²) in [4.78, 5) is 22.5. The standard InChI is InChI=1S/C16H18N4O/c1-12-3-5-13(6-4-12)11-20-10-7-14(15(20)21)19-16-17-8-2-9-18-16/h2-6,8-9,14H,7,10-11H2,1H3,(H,17,18,19). The minimum Gasteiger partial charge on any atom is -0.342 e. The topological polar surface area (TPSA) is 58.1 Å². The number of carbonyl (C=O) groups excluding carboxylic acids is 1. The van der Waals surface area contributed by atoms with Gasteiger partial charge in [0.2, 0.25) is 11.9 Å². The van der Waals surface area contributed by atoms with Crippen LogP contribution in [0.5, 0.6) is 0 Å². The number of anilines is 1. The first kappa shape index (κ1) is 13.5. The maximum atomic E-state index is 12.4. The van der Waals surface area contributed by atoms with Gasteiger partial charge in [-0.2, -0.15) is 0 Å². The molecule has 1 aromatic heterocycles. The molecular formula is C16H18N4O. The molecule has 1 fully saturated rings. The highest BCUT2D eigenvalue weighted by molar-refractivity contribution is 5.86. The van der Waals surface area contributed by atoms with Crippen LogP contribution in [0.3, 0.4) is 0 Å². The lowest BCUT2D eigenvalue weighted by Crippen LogP contribution is -2.33.